The zero-order valence-electron chi connectivity index (χ0n) is 11.5. The SMILES string of the molecule is O=C1c2ccc([N+](=O)[O-])cc2C(=O)N1Cc1ccc(Cl)c(Cl)c1. The van der Waals surface area contributed by atoms with Crippen LogP contribution in [0.25, 0.3) is 0 Å². The highest BCUT2D eigenvalue weighted by atomic mass is 35.5. The lowest BCUT2D eigenvalue weighted by Gasteiger charge is -2.14. The molecule has 1 aliphatic heterocycles. The van der Waals surface area contributed by atoms with Gasteiger partial charge in [0, 0.05) is 12.1 Å². The number of nitro benzene ring substituents is 1. The number of amides is 2. The summed E-state index contributed by atoms with van der Waals surface area (Å²) in [6.45, 7) is 0.0109. The summed E-state index contributed by atoms with van der Waals surface area (Å²) in [7, 11) is 0. The van der Waals surface area contributed by atoms with Crippen LogP contribution in [0, 0.1) is 10.1 Å². The Morgan fingerprint density at radius 2 is 1.65 bits per heavy atom. The van der Waals surface area contributed by atoms with Crippen LogP contribution in [0.15, 0.2) is 36.4 Å². The number of non-ortho nitro benzene ring substituents is 1. The van der Waals surface area contributed by atoms with Gasteiger partial charge in [0.25, 0.3) is 17.5 Å². The lowest BCUT2D eigenvalue weighted by atomic mass is 10.1. The van der Waals surface area contributed by atoms with Crippen LogP contribution < -0.4 is 0 Å². The van der Waals surface area contributed by atoms with Gasteiger partial charge in [-0.2, -0.15) is 0 Å². The summed E-state index contributed by atoms with van der Waals surface area (Å²) in [6, 6.07) is 8.40. The molecule has 0 aliphatic carbocycles. The van der Waals surface area contributed by atoms with Gasteiger partial charge >= 0.3 is 0 Å². The largest absolute Gasteiger partial charge is 0.270 e. The van der Waals surface area contributed by atoms with Gasteiger partial charge in [0.15, 0.2) is 0 Å². The highest BCUT2D eigenvalue weighted by Gasteiger charge is 2.36. The van der Waals surface area contributed by atoms with Gasteiger partial charge in [0.1, 0.15) is 0 Å². The Labute approximate surface area is 140 Å². The molecule has 2 aromatic carbocycles. The molecule has 0 N–H and O–H groups in total. The zero-order valence-corrected chi connectivity index (χ0v) is 13.0. The van der Waals surface area contributed by atoms with Crippen molar-refractivity contribution in [2.45, 2.75) is 6.54 Å². The predicted molar refractivity (Wildman–Crippen MR) is 83.8 cm³/mol. The summed E-state index contributed by atoms with van der Waals surface area (Å²) in [5, 5.41) is 11.5. The van der Waals surface area contributed by atoms with E-state index in [1.165, 1.54) is 12.1 Å². The minimum atomic E-state index is -0.611. The summed E-state index contributed by atoms with van der Waals surface area (Å²) < 4.78 is 0. The van der Waals surface area contributed by atoms with Crippen molar-refractivity contribution in [3.63, 3.8) is 0 Å². The maximum Gasteiger partial charge on any atom is 0.270 e. The van der Waals surface area contributed by atoms with Crippen LogP contribution in [0.5, 0.6) is 0 Å². The molecular formula is C15H8Cl2N2O4. The predicted octanol–water partition coefficient (Wildman–Crippen LogP) is 3.70. The van der Waals surface area contributed by atoms with Crippen LogP contribution in [0.2, 0.25) is 10.0 Å². The third-order valence-electron chi connectivity index (χ3n) is 3.49. The summed E-state index contributed by atoms with van der Waals surface area (Å²) in [4.78, 5) is 35.9. The number of imide groups is 1. The third kappa shape index (κ3) is 2.67. The number of carbonyl (C=O) groups is 2. The van der Waals surface area contributed by atoms with E-state index in [1.54, 1.807) is 18.2 Å². The Kier molecular flexibility index (Phi) is 3.79. The quantitative estimate of drug-likeness (QED) is 0.480. The van der Waals surface area contributed by atoms with Crippen molar-refractivity contribution in [3.05, 3.63) is 73.2 Å². The van der Waals surface area contributed by atoms with Crippen LogP contribution in [0.4, 0.5) is 5.69 Å². The van der Waals surface area contributed by atoms with E-state index in [0.717, 1.165) is 11.0 Å². The number of nitro groups is 1. The van der Waals surface area contributed by atoms with Gasteiger partial charge < -0.3 is 0 Å². The van der Waals surface area contributed by atoms with E-state index >= 15 is 0 Å². The molecule has 0 aromatic heterocycles. The number of halogens is 2. The first-order valence-electron chi connectivity index (χ1n) is 6.47. The molecule has 0 spiro atoms. The Morgan fingerprint density at radius 3 is 2.30 bits per heavy atom. The second kappa shape index (κ2) is 5.64. The number of hydrogen-bond donors (Lipinski definition) is 0. The fourth-order valence-electron chi connectivity index (χ4n) is 2.36. The van der Waals surface area contributed by atoms with Crippen molar-refractivity contribution in [2.24, 2.45) is 0 Å². The van der Waals surface area contributed by atoms with Crippen LogP contribution in [0.1, 0.15) is 26.3 Å². The van der Waals surface area contributed by atoms with E-state index < -0.39 is 16.7 Å². The van der Waals surface area contributed by atoms with Gasteiger partial charge in [0.2, 0.25) is 0 Å². The maximum absolute atomic E-state index is 12.4. The smallest absolute Gasteiger partial charge is 0.270 e. The molecule has 0 radical (unpaired) electrons. The maximum atomic E-state index is 12.4. The Bertz CT molecular complexity index is 867. The molecule has 0 saturated carbocycles. The number of hydrogen-bond acceptors (Lipinski definition) is 4. The molecule has 0 unspecified atom stereocenters. The average Bonchev–Trinajstić information content (AvgIpc) is 2.75. The normalized spacial score (nSPS) is 13.4. The number of rotatable bonds is 3. The third-order valence-corrected chi connectivity index (χ3v) is 4.23. The molecule has 8 heteroatoms. The molecule has 0 bridgehead atoms. The fraction of sp³-hybridized carbons (Fsp3) is 0.0667. The van der Waals surface area contributed by atoms with Gasteiger partial charge in [-0.15, -0.1) is 0 Å². The lowest BCUT2D eigenvalue weighted by molar-refractivity contribution is -0.384. The monoisotopic (exact) mass is 350 g/mol. The number of nitrogens with zero attached hydrogens (tertiary/aromatic N) is 2. The van der Waals surface area contributed by atoms with Crippen molar-refractivity contribution in [3.8, 4) is 0 Å². The summed E-state index contributed by atoms with van der Waals surface area (Å²) in [6.07, 6.45) is 0. The second-order valence-electron chi connectivity index (χ2n) is 4.93. The van der Waals surface area contributed by atoms with Gasteiger partial charge in [0.05, 0.1) is 32.6 Å². The number of carbonyl (C=O) groups excluding carboxylic acids is 2. The standard InChI is InChI=1S/C15H8Cl2N2O4/c16-12-4-1-8(5-13(12)17)7-18-14(20)10-3-2-9(19(22)23)6-11(10)15(18)21/h1-6H,7H2. The molecule has 0 fully saturated rings. The molecule has 1 heterocycles. The van der Waals surface area contributed by atoms with Gasteiger partial charge in [-0.25, -0.2) is 0 Å². The van der Waals surface area contributed by atoms with E-state index in [0.29, 0.717) is 15.6 Å². The molecule has 23 heavy (non-hydrogen) atoms. The Balaban J connectivity index is 1.93. The molecule has 2 amide bonds. The Hall–Kier alpha value is -2.44. The molecule has 116 valence electrons. The van der Waals surface area contributed by atoms with Gasteiger partial charge in [-0.1, -0.05) is 29.3 Å². The van der Waals surface area contributed by atoms with Crippen molar-refractivity contribution in [2.75, 3.05) is 0 Å². The summed E-state index contributed by atoms with van der Waals surface area (Å²) in [5.41, 5.74) is 0.578. The molecule has 3 rings (SSSR count). The van der Waals surface area contributed by atoms with Gasteiger partial charge in [-0.05, 0) is 23.8 Å². The lowest BCUT2D eigenvalue weighted by Crippen LogP contribution is -2.29. The van der Waals surface area contributed by atoms with Crippen molar-refractivity contribution >= 4 is 40.7 Å². The molecule has 6 nitrogen and oxygen atoms in total. The molecule has 0 atom stereocenters. The van der Waals surface area contributed by atoms with Crippen LogP contribution in [0.3, 0.4) is 0 Å². The highest BCUT2D eigenvalue weighted by Crippen LogP contribution is 2.29. The van der Waals surface area contributed by atoms with Crippen molar-refractivity contribution in [1.29, 1.82) is 0 Å². The summed E-state index contributed by atoms with van der Waals surface area (Å²) in [5.74, 6) is -1.06. The molecular weight excluding hydrogens is 343 g/mol. The first kappa shape index (κ1) is 15.5. The highest BCUT2D eigenvalue weighted by molar-refractivity contribution is 6.42. The van der Waals surface area contributed by atoms with Crippen LogP contribution in [-0.2, 0) is 6.54 Å². The van der Waals surface area contributed by atoms with Crippen molar-refractivity contribution in [1.82, 2.24) is 4.90 Å². The molecule has 1 aliphatic rings. The average molecular weight is 351 g/mol. The van der Waals surface area contributed by atoms with Crippen LogP contribution >= 0.6 is 23.2 Å². The number of benzene rings is 2. The van der Waals surface area contributed by atoms with E-state index in [4.69, 9.17) is 23.2 Å². The topological polar surface area (TPSA) is 80.5 Å². The van der Waals surface area contributed by atoms with Gasteiger partial charge in [-0.3, -0.25) is 24.6 Å². The van der Waals surface area contributed by atoms with Crippen LogP contribution in [-0.4, -0.2) is 21.6 Å². The van der Waals surface area contributed by atoms with E-state index in [-0.39, 0.29) is 23.4 Å². The first-order valence-corrected chi connectivity index (χ1v) is 7.22. The van der Waals surface area contributed by atoms with E-state index in [9.17, 15) is 19.7 Å². The second-order valence-corrected chi connectivity index (χ2v) is 5.75. The first-order chi connectivity index (χ1) is 10.9. The van der Waals surface area contributed by atoms with E-state index in [1.807, 2.05) is 0 Å². The van der Waals surface area contributed by atoms with E-state index in [2.05, 4.69) is 0 Å². The fourth-order valence-corrected chi connectivity index (χ4v) is 2.68. The van der Waals surface area contributed by atoms with Crippen molar-refractivity contribution < 1.29 is 14.5 Å². The molecule has 0 saturated heterocycles. The Morgan fingerprint density at radius 1 is 0.957 bits per heavy atom. The summed E-state index contributed by atoms with van der Waals surface area (Å²) >= 11 is 11.8. The minimum absolute atomic E-state index is 0.0109. The zero-order chi connectivity index (χ0) is 16.7. The minimum Gasteiger partial charge on any atom is -0.270 e. The molecule has 2 aromatic rings. The number of fused-ring (bicyclic) bond motifs is 1.